The van der Waals surface area contributed by atoms with Gasteiger partial charge in [0.05, 0.1) is 0 Å². The number of hydrogen-bond donors (Lipinski definition) is 1. The Kier molecular flexibility index (Phi) is 4.73. The third-order valence-electron chi connectivity index (χ3n) is 3.15. The second-order valence-electron chi connectivity index (χ2n) is 4.46. The number of rotatable bonds is 6. The number of thioether (sulfide) groups is 1. The summed E-state index contributed by atoms with van der Waals surface area (Å²) in [6.45, 7) is 4.58. The maximum absolute atomic E-state index is 3.59. The quantitative estimate of drug-likeness (QED) is 0.755. The molecular formula is C14H21NS. The molecule has 1 atom stereocenters. The van der Waals surface area contributed by atoms with E-state index in [2.05, 4.69) is 36.5 Å². The third kappa shape index (κ3) is 3.02. The minimum Gasteiger partial charge on any atom is -0.316 e. The smallest absolute Gasteiger partial charge is 0.0108 e. The lowest BCUT2D eigenvalue weighted by molar-refractivity contribution is 0.582. The first-order valence-corrected chi connectivity index (χ1v) is 7.33. The van der Waals surface area contributed by atoms with E-state index >= 15 is 0 Å². The van der Waals surface area contributed by atoms with E-state index in [0.29, 0.717) is 0 Å². The van der Waals surface area contributed by atoms with Crippen LogP contribution in [0.3, 0.4) is 0 Å². The van der Waals surface area contributed by atoms with E-state index in [-0.39, 0.29) is 0 Å². The lowest BCUT2D eigenvalue weighted by Crippen LogP contribution is -2.22. The molecule has 0 spiro atoms. The highest BCUT2D eigenvalue weighted by atomic mass is 32.2. The largest absolute Gasteiger partial charge is 0.316 e. The predicted molar refractivity (Wildman–Crippen MR) is 72.3 cm³/mol. The van der Waals surface area contributed by atoms with E-state index in [1.54, 1.807) is 5.56 Å². The fraction of sp³-hybridized carbons (Fsp3) is 0.571. The zero-order valence-corrected chi connectivity index (χ0v) is 10.9. The molecule has 0 bridgehead atoms. The summed E-state index contributed by atoms with van der Waals surface area (Å²) in [5, 5.41) is 3.59. The van der Waals surface area contributed by atoms with Crippen molar-refractivity contribution in [2.24, 2.45) is 0 Å². The summed E-state index contributed by atoms with van der Waals surface area (Å²) in [6, 6.07) is 8.84. The Morgan fingerprint density at radius 3 is 3.06 bits per heavy atom. The Labute approximate surface area is 103 Å². The molecule has 1 heterocycles. The normalized spacial score (nSPS) is 18.7. The predicted octanol–water partition coefficient (Wildman–Crippen LogP) is 3.66. The van der Waals surface area contributed by atoms with Crippen molar-refractivity contribution >= 4 is 11.8 Å². The molecule has 1 aromatic carbocycles. The molecule has 1 unspecified atom stereocenters. The van der Waals surface area contributed by atoms with Gasteiger partial charge in [0.25, 0.3) is 0 Å². The second kappa shape index (κ2) is 6.31. The van der Waals surface area contributed by atoms with Gasteiger partial charge in [-0.05, 0) is 24.6 Å². The highest BCUT2D eigenvalue weighted by Crippen LogP contribution is 2.38. The van der Waals surface area contributed by atoms with Gasteiger partial charge in [-0.3, -0.25) is 0 Å². The highest BCUT2D eigenvalue weighted by molar-refractivity contribution is 7.99. The maximum Gasteiger partial charge on any atom is 0.0108 e. The molecule has 1 aromatic rings. The van der Waals surface area contributed by atoms with Crippen LogP contribution in [-0.2, 0) is 0 Å². The van der Waals surface area contributed by atoms with E-state index in [4.69, 9.17) is 0 Å². The molecule has 16 heavy (non-hydrogen) atoms. The average Bonchev–Trinajstić information content (AvgIpc) is 2.73. The first kappa shape index (κ1) is 12.0. The standard InChI is InChI=1S/C14H21NS/c1-2-3-6-9-15-10-12-11-16-14-8-5-4-7-13(12)14/h4-5,7-8,12,15H,2-3,6,9-11H2,1H3. The summed E-state index contributed by atoms with van der Waals surface area (Å²) in [7, 11) is 0. The molecule has 0 aliphatic carbocycles. The van der Waals surface area contributed by atoms with Crippen molar-refractivity contribution in [1.82, 2.24) is 5.32 Å². The van der Waals surface area contributed by atoms with Crippen LogP contribution < -0.4 is 5.32 Å². The molecule has 88 valence electrons. The molecule has 0 saturated heterocycles. The molecule has 0 radical (unpaired) electrons. The molecule has 0 amide bonds. The van der Waals surface area contributed by atoms with Crippen molar-refractivity contribution in [1.29, 1.82) is 0 Å². The maximum atomic E-state index is 3.59. The summed E-state index contributed by atoms with van der Waals surface area (Å²) >= 11 is 2.00. The van der Waals surface area contributed by atoms with Crippen LogP contribution in [0.25, 0.3) is 0 Å². The molecular weight excluding hydrogens is 214 g/mol. The lowest BCUT2D eigenvalue weighted by Gasteiger charge is -2.11. The molecule has 0 aromatic heterocycles. The fourth-order valence-corrected chi connectivity index (χ4v) is 3.43. The first-order valence-electron chi connectivity index (χ1n) is 6.34. The molecule has 0 saturated carbocycles. The highest BCUT2D eigenvalue weighted by Gasteiger charge is 2.21. The SMILES string of the molecule is CCCCCNCC1CSc2ccccc21. The van der Waals surface area contributed by atoms with Crippen molar-refractivity contribution in [3.8, 4) is 0 Å². The molecule has 2 rings (SSSR count). The van der Waals surface area contributed by atoms with Gasteiger partial charge in [0, 0.05) is 23.1 Å². The Morgan fingerprint density at radius 2 is 2.19 bits per heavy atom. The van der Waals surface area contributed by atoms with E-state index in [1.807, 2.05) is 11.8 Å². The van der Waals surface area contributed by atoms with Crippen molar-refractivity contribution < 1.29 is 0 Å². The minimum absolute atomic E-state index is 0.725. The lowest BCUT2D eigenvalue weighted by atomic mass is 10.0. The van der Waals surface area contributed by atoms with Crippen LogP contribution in [0, 0.1) is 0 Å². The van der Waals surface area contributed by atoms with Gasteiger partial charge in [-0.1, -0.05) is 38.0 Å². The van der Waals surface area contributed by atoms with Crippen molar-refractivity contribution in [3.63, 3.8) is 0 Å². The second-order valence-corrected chi connectivity index (χ2v) is 5.52. The van der Waals surface area contributed by atoms with Gasteiger partial charge < -0.3 is 5.32 Å². The van der Waals surface area contributed by atoms with Gasteiger partial charge in [-0.25, -0.2) is 0 Å². The van der Waals surface area contributed by atoms with Gasteiger partial charge in [-0.2, -0.15) is 0 Å². The van der Waals surface area contributed by atoms with Crippen molar-refractivity contribution in [3.05, 3.63) is 29.8 Å². The summed E-state index contributed by atoms with van der Waals surface area (Å²) < 4.78 is 0. The van der Waals surface area contributed by atoms with Crippen LogP contribution in [-0.4, -0.2) is 18.8 Å². The Balaban J connectivity index is 1.76. The first-order chi connectivity index (χ1) is 7.92. The minimum atomic E-state index is 0.725. The molecule has 0 fully saturated rings. The monoisotopic (exact) mass is 235 g/mol. The van der Waals surface area contributed by atoms with Crippen LogP contribution in [0.5, 0.6) is 0 Å². The topological polar surface area (TPSA) is 12.0 Å². The number of unbranched alkanes of at least 4 members (excludes halogenated alkanes) is 2. The van der Waals surface area contributed by atoms with Crippen LogP contribution >= 0.6 is 11.8 Å². The number of fused-ring (bicyclic) bond motifs is 1. The van der Waals surface area contributed by atoms with Gasteiger partial charge in [0.1, 0.15) is 0 Å². The fourth-order valence-electron chi connectivity index (χ4n) is 2.17. The number of hydrogen-bond acceptors (Lipinski definition) is 2. The summed E-state index contributed by atoms with van der Waals surface area (Å²) in [4.78, 5) is 1.49. The van der Waals surface area contributed by atoms with Crippen LogP contribution in [0.1, 0.15) is 37.7 Å². The Hall–Kier alpha value is -0.470. The van der Waals surface area contributed by atoms with E-state index in [0.717, 1.165) is 12.5 Å². The van der Waals surface area contributed by atoms with Crippen LogP contribution in [0.15, 0.2) is 29.2 Å². The van der Waals surface area contributed by atoms with E-state index in [9.17, 15) is 0 Å². The van der Waals surface area contributed by atoms with Crippen molar-refractivity contribution in [2.45, 2.75) is 37.0 Å². The van der Waals surface area contributed by atoms with E-state index in [1.165, 1.54) is 36.5 Å². The van der Waals surface area contributed by atoms with Gasteiger partial charge >= 0.3 is 0 Å². The summed E-state index contributed by atoms with van der Waals surface area (Å²) in [6.07, 6.45) is 3.98. The van der Waals surface area contributed by atoms with Crippen LogP contribution in [0.4, 0.5) is 0 Å². The van der Waals surface area contributed by atoms with Gasteiger partial charge in [0.2, 0.25) is 0 Å². The molecule has 1 N–H and O–H groups in total. The summed E-state index contributed by atoms with van der Waals surface area (Å²) in [5.74, 6) is 1.97. The van der Waals surface area contributed by atoms with Crippen molar-refractivity contribution in [2.75, 3.05) is 18.8 Å². The zero-order valence-electron chi connectivity index (χ0n) is 10.0. The third-order valence-corrected chi connectivity index (χ3v) is 4.40. The molecule has 1 aliphatic heterocycles. The summed E-state index contributed by atoms with van der Waals surface area (Å²) in [5.41, 5.74) is 1.55. The van der Waals surface area contributed by atoms with Gasteiger partial charge in [0.15, 0.2) is 0 Å². The average molecular weight is 235 g/mol. The number of benzene rings is 1. The van der Waals surface area contributed by atoms with Crippen LogP contribution in [0.2, 0.25) is 0 Å². The van der Waals surface area contributed by atoms with Gasteiger partial charge in [-0.15, -0.1) is 11.8 Å². The molecule has 2 heteroatoms. The number of nitrogens with one attached hydrogen (secondary N) is 1. The Bertz CT molecular complexity index is 324. The molecule has 1 aliphatic rings. The molecule has 1 nitrogen and oxygen atoms in total. The zero-order chi connectivity index (χ0) is 11.2. The van der Waals surface area contributed by atoms with E-state index < -0.39 is 0 Å². The Morgan fingerprint density at radius 1 is 1.31 bits per heavy atom.